The first-order chi connectivity index (χ1) is 5.24. The Morgan fingerprint density at radius 3 is 2.91 bits per heavy atom. The summed E-state index contributed by atoms with van der Waals surface area (Å²) in [5, 5.41) is 4.18. The molecule has 1 rings (SSSR count). The van der Waals surface area contributed by atoms with Crippen molar-refractivity contribution in [3.63, 3.8) is 0 Å². The van der Waals surface area contributed by atoms with Crippen LogP contribution in [-0.2, 0) is 6.54 Å². The molecule has 0 spiro atoms. The van der Waals surface area contributed by atoms with E-state index in [1.54, 1.807) is 0 Å². The molecule has 0 saturated heterocycles. The number of nitrogens with zero attached hydrogens (tertiary/aromatic N) is 2. The zero-order valence-corrected chi connectivity index (χ0v) is 7.25. The summed E-state index contributed by atoms with van der Waals surface area (Å²) in [5.41, 5.74) is 5.23. The molecule has 0 bridgehead atoms. The van der Waals surface area contributed by atoms with Gasteiger partial charge in [-0.25, -0.2) is 0 Å². The van der Waals surface area contributed by atoms with Crippen molar-refractivity contribution in [3.05, 3.63) is 18.0 Å². The van der Waals surface area contributed by atoms with Crippen molar-refractivity contribution >= 4 is 0 Å². The number of hydrogen-bond acceptors (Lipinski definition) is 1. The van der Waals surface area contributed by atoms with Crippen LogP contribution in [0.1, 0.15) is 19.0 Å². The Balaban J connectivity index is 2.56. The van der Waals surface area contributed by atoms with Crippen molar-refractivity contribution in [2.45, 2.75) is 32.9 Å². The van der Waals surface area contributed by atoms with Crippen LogP contribution in [0.15, 0.2) is 12.3 Å². The lowest BCUT2D eigenvalue weighted by molar-refractivity contribution is -0.423. The van der Waals surface area contributed by atoms with Gasteiger partial charge in [-0.05, 0) is 19.4 Å². The molecule has 3 heteroatoms. The fourth-order valence-electron chi connectivity index (χ4n) is 0.964. The fourth-order valence-corrected chi connectivity index (χ4v) is 0.964. The molecule has 3 nitrogen and oxygen atoms in total. The molecule has 0 unspecified atom stereocenters. The molecule has 1 atom stereocenters. The maximum Gasteiger partial charge on any atom is 0.104 e. The smallest absolute Gasteiger partial charge is 0.104 e. The summed E-state index contributed by atoms with van der Waals surface area (Å²) in [5.74, 6) is 0. The quantitative estimate of drug-likeness (QED) is 0.664. The molecule has 0 radical (unpaired) electrons. The largest absolute Gasteiger partial charge is 0.354 e. The molecule has 11 heavy (non-hydrogen) atoms. The Hall–Kier alpha value is -0.830. The van der Waals surface area contributed by atoms with Gasteiger partial charge in [-0.1, -0.05) is 6.92 Å². The number of aromatic nitrogens is 2. The van der Waals surface area contributed by atoms with Crippen LogP contribution >= 0.6 is 0 Å². The normalized spacial score (nSPS) is 13.4. The van der Waals surface area contributed by atoms with Crippen molar-refractivity contribution in [1.29, 1.82) is 0 Å². The van der Waals surface area contributed by atoms with Gasteiger partial charge in [0.2, 0.25) is 0 Å². The highest BCUT2D eigenvalue weighted by Gasteiger charge is 2.05. The Morgan fingerprint density at radius 1 is 1.73 bits per heavy atom. The third-order valence-corrected chi connectivity index (χ3v) is 1.94. The second-order valence-electron chi connectivity index (χ2n) is 2.93. The van der Waals surface area contributed by atoms with Crippen molar-refractivity contribution in [3.8, 4) is 0 Å². The van der Waals surface area contributed by atoms with Crippen LogP contribution in [0, 0.1) is 6.92 Å². The van der Waals surface area contributed by atoms with Crippen molar-refractivity contribution < 1.29 is 5.73 Å². The van der Waals surface area contributed by atoms with E-state index >= 15 is 0 Å². The van der Waals surface area contributed by atoms with Gasteiger partial charge in [0.25, 0.3) is 0 Å². The highest BCUT2D eigenvalue weighted by Crippen LogP contribution is 1.97. The number of quaternary nitrogens is 1. The molecule has 0 aromatic carbocycles. The molecule has 0 aliphatic carbocycles. The predicted octanol–water partition coefficient (Wildman–Crippen LogP) is 0.212. The van der Waals surface area contributed by atoms with Gasteiger partial charge in [0.15, 0.2) is 0 Å². The minimum absolute atomic E-state index is 0.480. The van der Waals surface area contributed by atoms with Crippen molar-refractivity contribution in [2.75, 3.05) is 0 Å². The Labute approximate surface area is 67.2 Å². The molecule has 0 fully saturated rings. The van der Waals surface area contributed by atoms with Gasteiger partial charge in [-0.3, -0.25) is 4.68 Å². The molecule has 0 aliphatic rings. The maximum absolute atomic E-state index is 4.18. The van der Waals surface area contributed by atoms with E-state index in [4.69, 9.17) is 0 Å². The summed E-state index contributed by atoms with van der Waals surface area (Å²) in [6.45, 7) is 5.15. The van der Waals surface area contributed by atoms with Gasteiger partial charge in [-0.15, -0.1) is 0 Å². The van der Waals surface area contributed by atoms with E-state index in [1.165, 1.54) is 5.69 Å². The first-order valence-corrected chi connectivity index (χ1v) is 4.05. The van der Waals surface area contributed by atoms with Gasteiger partial charge in [-0.2, -0.15) is 5.10 Å². The van der Waals surface area contributed by atoms with E-state index in [0.29, 0.717) is 6.04 Å². The number of hydrogen-bond donors (Lipinski definition) is 1. The summed E-state index contributed by atoms with van der Waals surface area (Å²) < 4.78 is 2.00. The molecular formula is C8H16N3+. The topological polar surface area (TPSA) is 45.5 Å². The van der Waals surface area contributed by atoms with Crippen LogP contribution in [0.4, 0.5) is 0 Å². The van der Waals surface area contributed by atoms with Crippen LogP contribution in [0.2, 0.25) is 0 Å². The van der Waals surface area contributed by atoms with E-state index in [9.17, 15) is 0 Å². The van der Waals surface area contributed by atoms with Crippen LogP contribution in [0.3, 0.4) is 0 Å². The lowest BCUT2D eigenvalue weighted by atomic mass is 10.2. The van der Waals surface area contributed by atoms with Gasteiger partial charge in [0.05, 0.1) is 6.54 Å². The number of rotatable bonds is 3. The van der Waals surface area contributed by atoms with Crippen LogP contribution < -0.4 is 5.73 Å². The Kier molecular flexibility index (Phi) is 2.65. The monoisotopic (exact) mass is 154 g/mol. The van der Waals surface area contributed by atoms with Crippen molar-refractivity contribution in [2.24, 2.45) is 0 Å². The standard InChI is InChI=1S/C8H15N3/c1-3-8(9)6-11-7(2)4-5-10-11/h4-5,8H,3,6,9H2,1-2H3/p+1/t8-/m1/s1. The molecular weight excluding hydrogens is 138 g/mol. The van der Waals surface area contributed by atoms with E-state index in [-0.39, 0.29) is 0 Å². The van der Waals surface area contributed by atoms with E-state index in [2.05, 4.69) is 24.7 Å². The van der Waals surface area contributed by atoms with Gasteiger partial charge < -0.3 is 5.73 Å². The SMILES string of the molecule is CC[C@@H]([NH3+])Cn1nccc1C. The second kappa shape index (κ2) is 3.53. The van der Waals surface area contributed by atoms with Gasteiger partial charge >= 0.3 is 0 Å². The average Bonchev–Trinajstić information content (AvgIpc) is 2.37. The molecule has 1 aromatic rings. The number of aryl methyl sites for hydroxylation is 1. The lowest BCUT2D eigenvalue weighted by Crippen LogP contribution is -2.62. The van der Waals surface area contributed by atoms with E-state index < -0.39 is 0 Å². The molecule has 0 amide bonds. The summed E-state index contributed by atoms with van der Waals surface area (Å²) in [4.78, 5) is 0. The summed E-state index contributed by atoms with van der Waals surface area (Å²) in [7, 11) is 0. The van der Waals surface area contributed by atoms with E-state index in [0.717, 1.165) is 13.0 Å². The minimum Gasteiger partial charge on any atom is -0.354 e. The third-order valence-electron chi connectivity index (χ3n) is 1.94. The maximum atomic E-state index is 4.18. The first kappa shape index (κ1) is 8.27. The van der Waals surface area contributed by atoms with Crippen LogP contribution in [0.5, 0.6) is 0 Å². The second-order valence-corrected chi connectivity index (χ2v) is 2.93. The Morgan fingerprint density at radius 2 is 2.45 bits per heavy atom. The summed E-state index contributed by atoms with van der Waals surface area (Å²) >= 11 is 0. The molecule has 0 saturated carbocycles. The Bertz CT molecular complexity index is 217. The minimum atomic E-state index is 0.480. The highest BCUT2D eigenvalue weighted by atomic mass is 15.3. The summed E-state index contributed by atoms with van der Waals surface area (Å²) in [6, 6.07) is 2.50. The molecule has 1 aromatic heterocycles. The molecule has 62 valence electrons. The van der Waals surface area contributed by atoms with Crippen LogP contribution in [0.25, 0.3) is 0 Å². The molecule has 0 aliphatic heterocycles. The fraction of sp³-hybridized carbons (Fsp3) is 0.625. The average molecular weight is 154 g/mol. The summed E-state index contributed by atoms with van der Waals surface area (Å²) in [6.07, 6.45) is 2.94. The first-order valence-electron chi connectivity index (χ1n) is 4.05. The molecule has 3 N–H and O–H groups in total. The van der Waals surface area contributed by atoms with Crippen LogP contribution in [-0.4, -0.2) is 15.8 Å². The zero-order chi connectivity index (χ0) is 8.27. The zero-order valence-electron chi connectivity index (χ0n) is 7.25. The predicted molar refractivity (Wildman–Crippen MR) is 43.9 cm³/mol. The lowest BCUT2D eigenvalue weighted by Gasteiger charge is -2.06. The van der Waals surface area contributed by atoms with Crippen molar-refractivity contribution in [1.82, 2.24) is 9.78 Å². The third kappa shape index (κ3) is 2.05. The highest BCUT2D eigenvalue weighted by molar-refractivity contribution is 4.96. The van der Waals surface area contributed by atoms with Gasteiger partial charge in [0, 0.05) is 11.9 Å². The van der Waals surface area contributed by atoms with E-state index in [1.807, 2.05) is 16.9 Å². The molecule has 1 heterocycles. The van der Waals surface area contributed by atoms with Gasteiger partial charge in [0.1, 0.15) is 6.04 Å².